The van der Waals surface area contributed by atoms with Gasteiger partial charge in [-0.2, -0.15) is 0 Å². The van der Waals surface area contributed by atoms with Crippen molar-refractivity contribution in [3.05, 3.63) is 102 Å². The molecule has 1 atom stereocenters. The van der Waals surface area contributed by atoms with Gasteiger partial charge in [-0.1, -0.05) is 54.1 Å². The number of aromatic nitrogens is 2. The normalized spacial score (nSPS) is 17.8. The van der Waals surface area contributed by atoms with Crippen LogP contribution in [0.15, 0.2) is 79.0 Å². The van der Waals surface area contributed by atoms with E-state index in [9.17, 15) is 4.79 Å². The van der Waals surface area contributed by atoms with Crippen molar-refractivity contribution in [3.63, 3.8) is 0 Å². The molecule has 0 aliphatic carbocycles. The van der Waals surface area contributed by atoms with Gasteiger partial charge in [0.2, 0.25) is 0 Å². The minimum absolute atomic E-state index is 0.236. The van der Waals surface area contributed by atoms with E-state index >= 15 is 0 Å². The molecule has 0 radical (unpaired) electrons. The van der Waals surface area contributed by atoms with Crippen molar-refractivity contribution in [2.24, 2.45) is 0 Å². The first-order chi connectivity index (χ1) is 14.7. The van der Waals surface area contributed by atoms with E-state index in [-0.39, 0.29) is 5.91 Å². The fraction of sp³-hybridized carbons (Fsp3) is 0.160. The minimum Gasteiger partial charge on any atom is -0.491 e. The van der Waals surface area contributed by atoms with E-state index in [2.05, 4.69) is 27.4 Å². The molecule has 0 fully saturated rings. The smallest absolute Gasteiger partial charge is 0.270 e. The minimum atomic E-state index is -0.785. The maximum Gasteiger partial charge on any atom is 0.270 e. The third kappa shape index (κ3) is 3.08. The highest BCUT2D eigenvalue weighted by molar-refractivity contribution is 5.95. The monoisotopic (exact) mass is 395 g/mol. The van der Waals surface area contributed by atoms with E-state index in [1.807, 2.05) is 61.5 Å². The summed E-state index contributed by atoms with van der Waals surface area (Å²) in [5, 5.41) is 4.26. The summed E-state index contributed by atoms with van der Waals surface area (Å²) < 4.78 is 5.84. The molecule has 2 aromatic carbocycles. The predicted octanol–water partition coefficient (Wildman–Crippen LogP) is 4.39. The molecule has 4 aromatic rings. The van der Waals surface area contributed by atoms with Crippen LogP contribution in [0.1, 0.15) is 33.7 Å². The first kappa shape index (κ1) is 18.3. The molecule has 0 spiro atoms. The summed E-state index contributed by atoms with van der Waals surface area (Å²) in [7, 11) is 0. The van der Waals surface area contributed by atoms with Gasteiger partial charge < -0.3 is 10.1 Å². The van der Waals surface area contributed by atoms with Gasteiger partial charge in [0.25, 0.3) is 5.91 Å². The van der Waals surface area contributed by atoms with Crippen LogP contribution in [-0.2, 0) is 5.54 Å². The number of fused-ring (bicyclic) bond motifs is 2. The second kappa shape index (κ2) is 7.26. The van der Waals surface area contributed by atoms with E-state index < -0.39 is 5.54 Å². The predicted molar refractivity (Wildman–Crippen MR) is 116 cm³/mol. The number of ether oxygens (including phenoxy) is 1. The Bertz CT molecular complexity index is 1240. The summed E-state index contributed by atoms with van der Waals surface area (Å²) in [6.07, 6.45) is 2.32. The number of pyridine rings is 2. The van der Waals surface area contributed by atoms with Gasteiger partial charge in [-0.25, -0.2) is 4.98 Å². The zero-order valence-corrected chi connectivity index (χ0v) is 16.6. The Balaban J connectivity index is 1.61. The molecule has 1 amide bonds. The van der Waals surface area contributed by atoms with Gasteiger partial charge in [-0.05, 0) is 36.8 Å². The maximum atomic E-state index is 13.4. The van der Waals surface area contributed by atoms with Crippen molar-refractivity contribution in [1.29, 1.82) is 0 Å². The highest BCUT2D eigenvalue weighted by Gasteiger charge is 2.42. The van der Waals surface area contributed by atoms with Crippen LogP contribution < -0.4 is 10.1 Å². The highest BCUT2D eigenvalue weighted by Crippen LogP contribution is 2.40. The Morgan fingerprint density at radius 2 is 1.83 bits per heavy atom. The number of hydrogen-bond donors (Lipinski definition) is 1. The Kier molecular flexibility index (Phi) is 4.43. The maximum absolute atomic E-state index is 13.4. The number of para-hydroxylation sites is 1. The molecule has 5 rings (SSSR count). The fourth-order valence-corrected chi connectivity index (χ4v) is 4.02. The molecule has 5 nitrogen and oxygen atoms in total. The van der Waals surface area contributed by atoms with Gasteiger partial charge in [0.05, 0.1) is 12.1 Å². The first-order valence-electron chi connectivity index (χ1n) is 9.99. The molecule has 0 unspecified atom stereocenters. The quantitative estimate of drug-likeness (QED) is 0.559. The van der Waals surface area contributed by atoms with Gasteiger partial charge in [0.15, 0.2) is 0 Å². The number of nitrogens with zero attached hydrogens (tertiary/aromatic N) is 2. The molecule has 1 aliphatic rings. The summed E-state index contributed by atoms with van der Waals surface area (Å²) in [4.78, 5) is 22.5. The zero-order chi connectivity index (χ0) is 20.6. The molecule has 1 N–H and O–H groups in total. The number of rotatable bonds is 3. The lowest BCUT2D eigenvalue weighted by Gasteiger charge is -2.39. The molecule has 30 heavy (non-hydrogen) atoms. The van der Waals surface area contributed by atoms with Gasteiger partial charge >= 0.3 is 0 Å². The number of nitrogens with one attached hydrogen (secondary N) is 1. The van der Waals surface area contributed by atoms with Gasteiger partial charge in [0.1, 0.15) is 22.7 Å². The average Bonchev–Trinajstić information content (AvgIpc) is 2.79. The van der Waals surface area contributed by atoms with E-state index in [0.29, 0.717) is 30.2 Å². The summed E-state index contributed by atoms with van der Waals surface area (Å²) >= 11 is 0. The fourth-order valence-electron chi connectivity index (χ4n) is 4.02. The standard InChI is InChI=1S/C25H21N3O2/c1-17-8-11-19(12-9-17)25(14-16-30-22-7-4-15-26-23(22)25)28-24(29)21-13-10-18-5-2-3-6-20(18)27-21/h2-13,15H,14,16H2,1H3,(H,28,29)/t25-/m0/s1. The average molecular weight is 395 g/mol. The Morgan fingerprint density at radius 1 is 1.00 bits per heavy atom. The van der Waals surface area contributed by atoms with Crippen LogP contribution in [0.4, 0.5) is 0 Å². The Hall–Kier alpha value is -3.73. The van der Waals surface area contributed by atoms with E-state index in [4.69, 9.17) is 4.74 Å². The lowest BCUT2D eigenvalue weighted by atomic mass is 9.81. The second-order valence-corrected chi connectivity index (χ2v) is 7.56. The van der Waals surface area contributed by atoms with Crippen molar-refractivity contribution in [2.75, 3.05) is 6.61 Å². The number of carbonyl (C=O) groups is 1. The summed E-state index contributed by atoms with van der Waals surface area (Å²) in [5.74, 6) is 0.455. The molecule has 5 heteroatoms. The van der Waals surface area contributed by atoms with Gasteiger partial charge in [-0.15, -0.1) is 0 Å². The first-order valence-corrected chi connectivity index (χ1v) is 9.99. The second-order valence-electron chi connectivity index (χ2n) is 7.56. The molecular formula is C25H21N3O2. The topological polar surface area (TPSA) is 64.1 Å². The van der Waals surface area contributed by atoms with Crippen LogP contribution in [0.25, 0.3) is 10.9 Å². The highest BCUT2D eigenvalue weighted by atomic mass is 16.5. The Labute approximate surface area is 174 Å². The SMILES string of the molecule is Cc1ccc([C@@]2(NC(=O)c3ccc4ccccc4n3)CCOc3cccnc32)cc1. The number of amides is 1. The van der Waals surface area contributed by atoms with E-state index in [1.165, 1.54) is 0 Å². The number of hydrogen-bond acceptors (Lipinski definition) is 4. The molecule has 2 aromatic heterocycles. The van der Waals surface area contributed by atoms with E-state index in [1.54, 1.807) is 12.3 Å². The van der Waals surface area contributed by atoms with Gasteiger partial charge in [-0.3, -0.25) is 9.78 Å². The van der Waals surface area contributed by atoms with Crippen molar-refractivity contribution >= 4 is 16.8 Å². The summed E-state index contributed by atoms with van der Waals surface area (Å²) in [5.41, 5.74) is 3.24. The lowest BCUT2D eigenvalue weighted by Crippen LogP contribution is -2.50. The Morgan fingerprint density at radius 3 is 2.70 bits per heavy atom. The molecule has 0 saturated carbocycles. The van der Waals surface area contributed by atoms with Gasteiger partial charge in [0, 0.05) is 18.0 Å². The number of benzene rings is 2. The molecular weight excluding hydrogens is 374 g/mol. The van der Waals surface area contributed by atoms with Crippen LogP contribution in [0.3, 0.4) is 0 Å². The third-order valence-corrected chi connectivity index (χ3v) is 5.61. The van der Waals surface area contributed by atoms with Crippen LogP contribution in [-0.4, -0.2) is 22.5 Å². The zero-order valence-electron chi connectivity index (χ0n) is 16.6. The molecule has 148 valence electrons. The third-order valence-electron chi connectivity index (χ3n) is 5.61. The molecule has 1 aliphatic heterocycles. The van der Waals surface area contributed by atoms with E-state index in [0.717, 1.165) is 22.0 Å². The number of aryl methyl sites for hydroxylation is 1. The van der Waals surface area contributed by atoms with Crippen LogP contribution in [0, 0.1) is 6.92 Å². The summed E-state index contributed by atoms with van der Waals surface area (Å²) in [6, 6.07) is 23.4. The molecule has 3 heterocycles. The van der Waals surface area contributed by atoms with Crippen LogP contribution in [0.2, 0.25) is 0 Å². The van der Waals surface area contributed by atoms with Crippen molar-refractivity contribution in [1.82, 2.24) is 15.3 Å². The summed E-state index contributed by atoms with van der Waals surface area (Å²) in [6.45, 7) is 2.53. The molecule has 0 bridgehead atoms. The molecule has 0 saturated heterocycles. The van der Waals surface area contributed by atoms with Crippen molar-refractivity contribution in [2.45, 2.75) is 18.9 Å². The largest absolute Gasteiger partial charge is 0.491 e. The van der Waals surface area contributed by atoms with Crippen LogP contribution in [0.5, 0.6) is 5.75 Å². The number of carbonyl (C=O) groups excluding carboxylic acids is 1. The van der Waals surface area contributed by atoms with Crippen molar-refractivity contribution < 1.29 is 9.53 Å². The lowest BCUT2D eigenvalue weighted by molar-refractivity contribution is 0.0879. The van der Waals surface area contributed by atoms with Crippen LogP contribution >= 0.6 is 0 Å². The van der Waals surface area contributed by atoms with Crippen molar-refractivity contribution in [3.8, 4) is 5.75 Å².